The number of aromatic nitrogens is 1. The van der Waals surface area contributed by atoms with Crippen molar-refractivity contribution >= 4 is 11.8 Å². The lowest BCUT2D eigenvalue weighted by Crippen LogP contribution is -2.73. The average molecular weight is 444 g/mol. The summed E-state index contributed by atoms with van der Waals surface area (Å²) in [5.41, 5.74) is 2.54. The summed E-state index contributed by atoms with van der Waals surface area (Å²) in [4.78, 5) is 33.1. The first-order chi connectivity index (χ1) is 16.2. The molecule has 3 atom stereocenters. The molecular formula is C27H29N3O3. The topological polar surface area (TPSA) is 73.7 Å². The quantitative estimate of drug-likeness (QED) is 0.738. The highest BCUT2D eigenvalue weighted by Gasteiger charge is 2.54. The Morgan fingerprint density at radius 2 is 1.94 bits per heavy atom. The third kappa shape index (κ3) is 4.26. The van der Waals surface area contributed by atoms with Crippen LogP contribution in [-0.4, -0.2) is 63.5 Å². The number of piperazine rings is 1. The van der Waals surface area contributed by atoms with E-state index in [2.05, 4.69) is 29.0 Å². The van der Waals surface area contributed by atoms with Crippen LogP contribution in [0.1, 0.15) is 59.5 Å². The lowest BCUT2D eigenvalue weighted by atomic mass is 9.73. The van der Waals surface area contributed by atoms with Crippen LogP contribution in [0.25, 0.3) is 0 Å². The van der Waals surface area contributed by atoms with Gasteiger partial charge in [0.05, 0.1) is 24.3 Å². The summed E-state index contributed by atoms with van der Waals surface area (Å²) in [6, 6.07) is 11.2. The highest BCUT2D eigenvalue weighted by atomic mass is 16.3. The van der Waals surface area contributed by atoms with Gasteiger partial charge in [-0.3, -0.25) is 14.6 Å². The number of aliphatic hydroxyl groups is 1. The molecule has 6 nitrogen and oxygen atoms in total. The molecule has 2 aliphatic heterocycles. The molecule has 0 bridgehead atoms. The van der Waals surface area contributed by atoms with Gasteiger partial charge in [-0.15, -0.1) is 0 Å². The van der Waals surface area contributed by atoms with Crippen LogP contribution in [0.3, 0.4) is 0 Å². The fourth-order valence-corrected chi connectivity index (χ4v) is 5.63. The molecule has 170 valence electrons. The van der Waals surface area contributed by atoms with Gasteiger partial charge in [-0.2, -0.15) is 0 Å². The van der Waals surface area contributed by atoms with Gasteiger partial charge in [0.25, 0.3) is 5.91 Å². The maximum absolute atomic E-state index is 12.9. The third-order valence-electron chi connectivity index (χ3n) is 7.34. The number of fused-ring (bicyclic) bond motifs is 1. The smallest absolute Gasteiger partial charge is 0.255 e. The summed E-state index contributed by atoms with van der Waals surface area (Å²) in [5.74, 6) is 7.05. The van der Waals surface area contributed by atoms with E-state index < -0.39 is 0 Å². The van der Waals surface area contributed by atoms with E-state index in [9.17, 15) is 14.7 Å². The van der Waals surface area contributed by atoms with Crippen molar-refractivity contribution in [1.82, 2.24) is 14.8 Å². The highest BCUT2D eigenvalue weighted by molar-refractivity contribution is 5.97. The van der Waals surface area contributed by atoms with Crippen LogP contribution < -0.4 is 0 Å². The molecular weight excluding hydrogens is 414 g/mol. The molecule has 6 heteroatoms. The van der Waals surface area contributed by atoms with Gasteiger partial charge in [0, 0.05) is 36.8 Å². The number of hydrogen-bond donors (Lipinski definition) is 1. The fraction of sp³-hybridized carbons (Fsp3) is 0.444. The molecule has 3 aliphatic rings. The molecule has 3 fully saturated rings. The Balaban J connectivity index is 1.30. The maximum atomic E-state index is 12.9. The molecule has 1 saturated carbocycles. The SMILES string of the molecule is O=C(c1cccnc1)N1CC(=O)N2[C@H](C1)[C@H](c1ccc(C#CCC3CCCC3)cc1)[C@@H]2CO. The molecule has 2 aromatic rings. The van der Waals surface area contributed by atoms with Crippen LogP contribution in [0.2, 0.25) is 0 Å². The Morgan fingerprint density at radius 1 is 1.15 bits per heavy atom. The van der Waals surface area contributed by atoms with Gasteiger partial charge >= 0.3 is 0 Å². The number of aliphatic hydroxyl groups excluding tert-OH is 1. The Labute approximate surface area is 194 Å². The first kappa shape index (κ1) is 21.7. The summed E-state index contributed by atoms with van der Waals surface area (Å²) in [7, 11) is 0. The average Bonchev–Trinajstić information content (AvgIpc) is 3.35. The van der Waals surface area contributed by atoms with E-state index in [1.165, 1.54) is 31.9 Å². The molecule has 0 unspecified atom stereocenters. The minimum absolute atomic E-state index is 0.0102. The minimum atomic E-state index is -0.252. The number of pyridine rings is 1. The summed E-state index contributed by atoms with van der Waals surface area (Å²) in [6.45, 7) is 0.388. The van der Waals surface area contributed by atoms with E-state index in [0.717, 1.165) is 23.5 Å². The molecule has 2 saturated heterocycles. The lowest BCUT2D eigenvalue weighted by Gasteiger charge is -2.58. The molecule has 2 amide bonds. The monoisotopic (exact) mass is 443 g/mol. The number of carbonyl (C=O) groups is 2. The number of carbonyl (C=O) groups excluding carboxylic acids is 2. The molecule has 1 aliphatic carbocycles. The summed E-state index contributed by atoms with van der Waals surface area (Å²) >= 11 is 0. The van der Waals surface area contributed by atoms with Crippen molar-refractivity contribution in [2.45, 2.75) is 50.1 Å². The largest absolute Gasteiger partial charge is 0.394 e. The highest BCUT2D eigenvalue weighted by Crippen LogP contribution is 2.43. The summed E-state index contributed by atoms with van der Waals surface area (Å²) in [5, 5.41) is 10.00. The molecule has 0 radical (unpaired) electrons. The van der Waals surface area contributed by atoms with Crippen molar-refractivity contribution in [3.63, 3.8) is 0 Å². The van der Waals surface area contributed by atoms with Crippen molar-refractivity contribution < 1.29 is 14.7 Å². The Kier molecular flexibility index (Phi) is 6.15. The molecule has 1 N–H and O–H groups in total. The predicted octanol–water partition coefficient (Wildman–Crippen LogP) is 2.82. The predicted molar refractivity (Wildman–Crippen MR) is 124 cm³/mol. The van der Waals surface area contributed by atoms with Gasteiger partial charge in [-0.05, 0) is 48.6 Å². The molecule has 5 rings (SSSR count). The Bertz CT molecular complexity index is 1070. The summed E-state index contributed by atoms with van der Waals surface area (Å²) in [6.07, 6.45) is 9.39. The van der Waals surface area contributed by atoms with Crippen LogP contribution in [0.15, 0.2) is 48.8 Å². The van der Waals surface area contributed by atoms with Crippen molar-refractivity contribution in [2.75, 3.05) is 19.7 Å². The number of benzene rings is 1. The summed E-state index contributed by atoms with van der Waals surface area (Å²) < 4.78 is 0. The van der Waals surface area contributed by atoms with Gasteiger partial charge < -0.3 is 14.9 Å². The van der Waals surface area contributed by atoms with E-state index >= 15 is 0 Å². The van der Waals surface area contributed by atoms with E-state index in [0.29, 0.717) is 12.1 Å². The standard InChI is InChI=1S/C27H29N3O3/c31-18-24-26(21-12-10-20(11-13-21)8-3-7-19-5-1-2-6-19)23-16-29(17-25(32)30(23)24)27(33)22-9-4-14-28-15-22/h4,9-15,19,23-24,26,31H,1-2,5-7,16-18H2/t23-,24+,26+/m1/s1. The van der Waals surface area contributed by atoms with Crippen molar-refractivity contribution in [3.05, 3.63) is 65.5 Å². The Morgan fingerprint density at radius 3 is 2.64 bits per heavy atom. The van der Waals surface area contributed by atoms with Crippen molar-refractivity contribution in [3.8, 4) is 11.8 Å². The van der Waals surface area contributed by atoms with Crippen LogP contribution in [0, 0.1) is 17.8 Å². The number of hydrogen-bond acceptors (Lipinski definition) is 4. The molecule has 1 aromatic carbocycles. The number of rotatable bonds is 4. The normalized spacial score (nSPS) is 24.6. The third-order valence-corrected chi connectivity index (χ3v) is 7.34. The maximum Gasteiger partial charge on any atom is 0.255 e. The van der Waals surface area contributed by atoms with Crippen LogP contribution in [0.4, 0.5) is 0 Å². The van der Waals surface area contributed by atoms with Gasteiger partial charge in [-0.1, -0.05) is 36.8 Å². The van der Waals surface area contributed by atoms with Crippen molar-refractivity contribution in [2.24, 2.45) is 5.92 Å². The zero-order valence-electron chi connectivity index (χ0n) is 18.7. The van der Waals surface area contributed by atoms with Crippen LogP contribution in [0.5, 0.6) is 0 Å². The second-order valence-corrected chi connectivity index (χ2v) is 9.35. The first-order valence-electron chi connectivity index (χ1n) is 11.9. The zero-order valence-corrected chi connectivity index (χ0v) is 18.7. The van der Waals surface area contributed by atoms with E-state index in [-0.39, 0.29) is 43.0 Å². The second kappa shape index (κ2) is 9.36. The fourth-order valence-electron chi connectivity index (χ4n) is 5.63. The van der Waals surface area contributed by atoms with Gasteiger partial charge in [0.15, 0.2) is 0 Å². The zero-order chi connectivity index (χ0) is 22.8. The number of amides is 2. The van der Waals surface area contributed by atoms with E-state index in [4.69, 9.17) is 0 Å². The first-order valence-corrected chi connectivity index (χ1v) is 11.9. The Hall–Kier alpha value is -3.17. The molecule has 3 heterocycles. The minimum Gasteiger partial charge on any atom is -0.394 e. The van der Waals surface area contributed by atoms with Crippen LogP contribution >= 0.6 is 0 Å². The molecule has 0 spiro atoms. The molecule has 33 heavy (non-hydrogen) atoms. The van der Waals surface area contributed by atoms with Gasteiger partial charge in [0.2, 0.25) is 5.91 Å². The van der Waals surface area contributed by atoms with Crippen LogP contribution in [-0.2, 0) is 4.79 Å². The van der Waals surface area contributed by atoms with Crippen molar-refractivity contribution in [1.29, 1.82) is 0 Å². The van der Waals surface area contributed by atoms with Gasteiger partial charge in [0.1, 0.15) is 6.54 Å². The lowest BCUT2D eigenvalue weighted by molar-refractivity contribution is -0.159. The number of nitrogens with zero attached hydrogens (tertiary/aromatic N) is 3. The second-order valence-electron chi connectivity index (χ2n) is 9.35. The van der Waals surface area contributed by atoms with E-state index in [1.807, 2.05) is 12.1 Å². The molecule has 1 aromatic heterocycles. The van der Waals surface area contributed by atoms with Gasteiger partial charge in [-0.25, -0.2) is 0 Å². The van der Waals surface area contributed by atoms with E-state index in [1.54, 1.807) is 28.1 Å².